The van der Waals surface area contributed by atoms with Gasteiger partial charge in [-0.2, -0.15) is 0 Å². The number of hydrogen-bond donors (Lipinski definition) is 1. The van der Waals surface area contributed by atoms with Gasteiger partial charge in [-0.3, -0.25) is 4.79 Å². The zero-order valence-corrected chi connectivity index (χ0v) is 12.6. The Hall–Kier alpha value is -1.82. The molecule has 0 aromatic heterocycles. The molecule has 0 heterocycles. The van der Waals surface area contributed by atoms with Gasteiger partial charge in [0.1, 0.15) is 5.75 Å². The SMILES string of the molecule is CC[C@H](C)Oc1ccccc1/C=C\C(=O)NS(C)(=O)=O. The Morgan fingerprint density at radius 3 is 2.65 bits per heavy atom. The van der Waals surface area contributed by atoms with E-state index in [0.717, 1.165) is 18.2 Å². The van der Waals surface area contributed by atoms with Crippen LogP contribution >= 0.6 is 0 Å². The Kier molecular flexibility index (Phi) is 5.76. The van der Waals surface area contributed by atoms with Crippen LogP contribution in [-0.4, -0.2) is 26.7 Å². The average molecular weight is 297 g/mol. The number of ether oxygens (including phenoxy) is 1. The third-order valence-electron chi connectivity index (χ3n) is 2.52. The molecule has 0 aliphatic carbocycles. The van der Waals surface area contributed by atoms with E-state index < -0.39 is 15.9 Å². The van der Waals surface area contributed by atoms with E-state index in [9.17, 15) is 13.2 Å². The second-order valence-corrected chi connectivity index (χ2v) is 6.19. The van der Waals surface area contributed by atoms with Gasteiger partial charge in [-0.25, -0.2) is 13.1 Å². The molecule has 1 aromatic carbocycles. The molecule has 0 bridgehead atoms. The summed E-state index contributed by atoms with van der Waals surface area (Å²) in [7, 11) is -3.54. The van der Waals surface area contributed by atoms with E-state index in [1.54, 1.807) is 12.1 Å². The zero-order chi connectivity index (χ0) is 15.2. The molecule has 110 valence electrons. The van der Waals surface area contributed by atoms with Crippen molar-refractivity contribution in [2.45, 2.75) is 26.4 Å². The number of hydrogen-bond acceptors (Lipinski definition) is 4. The van der Waals surface area contributed by atoms with Crippen molar-refractivity contribution in [3.63, 3.8) is 0 Å². The van der Waals surface area contributed by atoms with Gasteiger partial charge in [-0.05, 0) is 25.5 Å². The fourth-order valence-corrected chi connectivity index (χ4v) is 1.84. The van der Waals surface area contributed by atoms with Gasteiger partial charge < -0.3 is 4.74 Å². The van der Waals surface area contributed by atoms with Gasteiger partial charge >= 0.3 is 0 Å². The standard InChI is InChI=1S/C14H19NO4S/c1-4-11(2)19-13-8-6-5-7-12(13)9-10-14(16)15-20(3,17)18/h5-11H,4H2,1-3H3,(H,15,16)/b10-9-/t11-/m0/s1. The lowest BCUT2D eigenvalue weighted by molar-refractivity contribution is -0.114. The van der Waals surface area contributed by atoms with Crippen molar-refractivity contribution in [2.24, 2.45) is 0 Å². The van der Waals surface area contributed by atoms with Crippen molar-refractivity contribution in [2.75, 3.05) is 6.26 Å². The summed E-state index contributed by atoms with van der Waals surface area (Å²) >= 11 is 0. The molecule has 20 heavy (non-hydrogen) atoms. The van der Waals surface area contributed by atoms with Crippen LogP contribution in [0.2, 0.25) is 0 Å². The van der Waals surface area contributed by atoms with Crippen molar-refractivity contribution in [3.05, 3.63) is 35.9 Å². The quantitative estimate of drug-likeness (QED) is 0.815. The van der Waals surface area contributed by atoms with E-state index >= 15 is 0 Å². The number of para-hydroxylation sites is 1. The van der Waals surface area contributed by atoms with E-state index in [2.05, 4.69) is 0 Å². The largest absolute Gasteiger partial charge is 0.490 e. The van der Waals surface area contributed by atoms with Crippen molar-refractivity contribution in [1.82, 2.24) is 4.72 Å². The lowest BCUT2D eigenvalue weighted by Crippen LogP contribution is -2.27. The lowest BCUT2D eigenvalue weighted by Gasteiger charge is -2.14. The highest BCUT2D eigenvalue weighted by Gasteiger charge is 2.07. The normalized spacial score (nSPS) is 13.2. The summed E-state index contributed by atoms with van der Waals surface area (Å²) in [5.41, 5.74) is 0.719. The molecule has 0 radical (unpaired) electrons. The Morgan fingerprint density at radius 2 is 2.05 bits per heavy atom. The van der Waals surface area contributed by atoms with Crippen LogP contribution in [0.25, 0.3) is 6.08 Å². The second-order valence-electron chi connectivity index (χ2n) is 4.45. The number of carbonyl (C=O) groups is 1. The molecule has 0 fully saturated rings. The van der Waals surface area contributed by atoms with Crippen LogP contribution in [-0.2, 0) is 14.8 Å². The van der Waals surface area contributed by atoms with E-state index in [1.165, 1.54) is 12.2 Å². The molecule has 0 aliphatic heterocycles. The highest BCUT2D eigenvalue weighted by Crippen LogP contribution is 2.21. The van der Waals surface area contributed by atoms with Crippen molar-refractivity contribution in [1.29, 1.82) is 0 Å². The maximum Gasteiger partial charge on any atom is 0.257 e. The van der Waals surface area contributed by atoms with Crippen LogP contribution in [0.1, 0.15) is 25.8 Å². The monoisotopic (exact) mass is 297 g/mol. The van der Waals surface area contributed by atoms with Gasteiger partial charge in [0.15, 0.2) is 0 Å². The molecule has 0 spiro atoms. The maximum absolute atomic E-state index is 11.4. The first-order valence-corrected chi connectivity index (χ1v) is 8.16. The molecule has 0 saturated heterocycles. The Morgan fingerprint density at radius 1 is 1.40 bits per heavy atom. The predicted octanol–water partition coefficient (Wildman–Crippen LogP) is 1.95. The number of amides is 1. The van der Waals surface area contributed by atoms with E-state index in [1.807, 2.05) is 30.7 Å². The fourth-order valence-electron chi connectivity index (χ4n) is 1.41. The minimum Gasteiger partial charge on any atom is -0.490 e. The van der Waals surface area contributed by atoms with Crippen molar-refractivity contribution >= 4 is 22.0 Å². The number of rotatable bonds is 6. The fraction of sp³-hybridized carbons (Fsp3) is 0.357. The van der Waals surface area contributed by atoms with Gasteiger partial charge in [0.05, 0.1) is 12.4 Å². The molecule has 5 nitrogen and oxygen atoms in total. The van der Waals surface area contributed by atoms with Gasteiger partial charge in [0.25, 0.3) is 5.91 Å². The van der Waals surface area contributed by atoms with Gasteiger partial charge in [-0.15, -0.1) is 0 Å². The Bertz CT molecular complexity index is 593. The minimum absolute atomic E-state index is 0.0643. The predicted molar refractivity (Wildman–Crippen MR) is 78.8 cm³/mol. The van der Waals surface area contributed by atoms with Gasteiger partial charge in [-0.1, -0.05) is 25.1 Å². The highest BCUT2D eigenvalue weighted by atomic mass is 32.2. The number of nitrogens with one attached hydrogen (secondary N) is 1. The van der Waals surface area contributed by atoms with Crippen LogP contribution in [0.15, 0.2) is 30.3 Å². The summed E-state index contributed by atoms with van der Waals surface area (Å²) in [5, 5.41) is 0. The molecule has 6 heteroatoms. The summed E-state index contributed by atoms with van der Waals surface area (Å²) in [6, 6.07) is 7.26. The number of carbonyl (C=O) groups excluding carboxylic acids is 1. The average Bonchev–Trinajstić information content (AvgIpc) is 2.35. The number of benzene rings is 1. The van der Waals surface area contributed by atoms with E-state index in [0.29, 0.717) is 5.75 Å². The molecule has 0 saturated carbocycles. The van der Waals surface area contributed by atoms with E-state index in [-0.39, 0.29) is 6.10 Å². The lowest BCUT2D eigenvalue weighted by atomic mass is 10.2. The summed E-state index contributed by atoms with van der Waals surface area (Å²) < 4.78 is 29.4. The Labute approximate surface area is 119 Å². The topological polar surface area (TPSA) is 72.5 Å². The molecule has 1 N–H and O–H groups in total. The smallest absolute Gasteiger partial charge is 0.257 e. The maximum atomic E-state index is 11.4. The van der Waals surface area contributed by atoms with Crippen LogP contribution < -0.4 is 9.46 Å². The molecular formula is C14H19NO4S. The highest BCUT2D eigenvalue weighted by molar-refractivity contribution is 7.89. The summed E-state index contributed by atoms with van der Waals surface area (Å²) in [5.74, 6) is -0.0314. The van der Waals surface area contributed by atoms with Gasteiger partial charge in [0.2, 0.25) is 10.0 Å². The molecule has 0 unspecified atom stereocenters. The number of sulfonamides is 1. The summed E-state index contributed by atoms with van der Waals surface area (Å²) in [6.07, 6.45) is 4.55. The zero-order valence-electron chi connectivity index (χ0n) is 11.8. The van der Waals surface area contributed by atoms with Crippen LogP contribution in [0.3, 0.4) is 0 Å². The third-order valence-corrected chi connectivity index (χ3v) is 3.09. The summed E-state index contributed by atoms with van der Waals surface area (Å²) in [6.45, 7) is 3.97. The minimum atomic E-state index is -3.54. The molecule has 1 rings (SSSR count). The first kappa shape index (κ1) is 16.2. The van der Waals surface area contributed by atoms with Gasteiger partial charge in [0, 0.05) is 11.6 Å². The van der Waals surface area contributed by atoms with Crippen molar-refractivity contribution in [3.8, 4) is 5.75 Å². The molecule has 1 amide bonds. The molecule has 1 atom stereocenters. The summed E-state index contributed by atoms with van der Waals surface area (Å²) in [4.78, 5) is 11.4. The first-order chi connectivity index (χ1) is 9.31. The molecule has 1 aromatic rings. The van der Waals surface area contributed by atoms with Crippen LogP contribution in [0.4, 0.5) is 0 Å². The second kappa shape index (κ2) is 7.09. The van der Waals surface area contributed by atoms with Crippen molar-refractivity contribution < 1.29 is 17.9 Å². The van der Waals surface area contributed by atoms with E-state index in [4.69, 9.17) is 4.74 Å². The van der Waals surface area contributed by atoms with Crippen LogP contribution in [0, 0.1) is 0 Å². The first-order valence-electron chi connectivity index (χ1n) is 6.27. The Balaban J connectivity index is 2.84. The van der Waals surface area contributed by atoms with Crippen LogP contribution in [0.5, 0.6) is 5.75 Å². The third kappa shape index (κ3) is 5.88. The molecule has 0 aliphatic rings. The molecular weight excluding hydrogens is 278 g/mol.